The first-order chi connectivity index (χ1) is 12.6. The van der Waals surface area contributed by atoms with E-state index in [9.17, 15) is 4.79 Å². The average molecular weight is 353 g/mol. The van der Waals surface area contributed by atoms with Crippen LogP contribution in [-0.4, -0.2) is 57.2 Å². The summed E-state index contributed by atoms with van der Waals surface area (Å²) in [5.74, 6) is 0.879. The molecule has 4 rings (SSSR count). The van der Waals surface area contributed by atoms with E-state index in [4.69, 9.17) is 4.52 Å². The van der Waals surface area contributed by atoms with E-state index < -0.39 is 0 Å². The number of hydrogen-bond donors (Lipinski definition) is 1. The van der Waals surface area contributed by atoms with Crippen LogP contribution in [0.4, 0.5) is 0 Å². The molecule has 7 nitrogen and oxygen atoms in total. The Morgan fingerprint density at radius 2 is 2.04 bits per heavy atom. The summed E-state index contributed by atoms with van der Waals surface area (Å²) in [5, 5.41) is 12.1. The highest BCUT2D eigenvalue weighted by atomic mass is 16.5. The minimum atomic E-state index is 0.00152. The molecule has 0 atom stereocenters. The number of benzene rings is 1. The number of amides is 1. The van der Waals surface area contributed by atoms with E-state index in [1.54, 1.807) is 0 Å². The van der Waals surface area contributed by atoms with Crippen molar-refractivity contribution in [3.63, 3.8) is 0 Å². The van der Waals surface area contributed by atoms with Crippen molar-refractivity contribution >= 4 is 16.8 Å². The molecule has 1 aromatic carbocycles. The Bertz CT molecular complexity index is 910. The molecule has 0 spiro atoms. The van der Waals surface area contributed by atoms with Crippen LogP contribution in [0.25, 0.3) is 10.9 Å². The number of carbonyl (C=O) groups is 1. The van der Waals surface area contributed by atoms with E-state index in [0.717, 1.165) is 60.5 Å². The molecule has 1 aliphatic heterocycles. The Kier molecular flexibility index (Phi) is 4.46. The van der Waals surface area contributed by atoms with E-state index in [-0.39, 0.29) is 5.91 Å². The number of aryl methyl sites for hydroxylation is 2. The smallest absolute Gasteiger partial charge is 0.275 e. The lowest BCUT2D eigenvalue weighted by Crippen LogP contribution is -2.35. The third-order valence-electron chi connectivity index (χ3n) is 5.11. The summed E-state index contributed by atoms with van der Waals surface area (Å²) < 4.78 is 5.26. The van der Waals surface area contributed by atoms with Crippen LogP contribution in [0.5, 0.6) is 0 Å². The Balaban J connectivity index is 1.46. The lowest BCUT2D eigenvalue weighted by atomic mass is 10.2. The first kappa shape index (κ1) is 16.8. The Morgan fingerprint density at radius 1 is 1.19 bits per heavy atom. The lowest BCUT2D eigenvalue weighted by molar-refractivity contribution is 0.0757. The van der Waals surface area contributed by atoms with Gasteiger partial charge >= 0.3 is 0 Å². The highest BCUT2D eigenvalue weighted by molar-refractivity contribution is 6.04. The number of para-hydroxylation sites is 1. The van der Waals surface area contributed by atoms with Crippen molar-refractivity contribution in [2.75, 3.05) is 26.2 Å². The van der Waals surface area contributed by atoms with Crippen LogP contribution in [0.1, 0.15) is 33.9 Å². The first-order valence-electron chi connectivity index (χ1n) is 9.00. The molecule has 1 N–H and O–H groups in total. The van der Waals surface area contributed by atoms with Gasteiger partial charge in [-0.2, -0.15) is 5.10 Å². The molecule has 0 saturated carbocycles. The van der Waals surface area contributed by atoms with Crippen molar-refractivity contribution in [3.8, 4) is 0 Å². The fourth-order valence-corrected chi connectivity index (χ4v) is 3.56. The monoisotopic (exact) mass is 353 g/mol. The van der Waals surface area contributed by atoms with Gasteiger partial charge in [0.1, 0.15) is 5.76 Å². The van der Waals surface area contributed by atoms with Crippen molar-refractivity contribution < 1.29 is 9.32 Å². The number of nitrogens with zero attached hydrogens (tertiary/aromatic N) is 4. The number of aromatic nitrogens is 3. The summed E-state index contributed by atoms with van der Waals surface area (Å²) in [6.45, 7) is 7.97. The van der Waals surface area contributed by atoms with E-state index in [0.29, 0.717) is 12.2 Å². The van der Waals surface area contributed by atoms with Gasteiger partial charge in [-0.1, -0.05) is 23.4 Å². The predicted molar refractivity (Wildman–Crippen MR) is 97.9 cm³/mol. The molecular formula is C19H23N5O2. The third-order valence-corrected chi connectivity index (χ3v) is 5.11. The van der Waals surface area contributed by atoms with Crippen LogP contribution in [0.2, 0.25) is 0 Å². The van der Waals surface area contributed by atoms with Gasteiger partial charge in [-0.3, -0.25) is 14.8 Å². The van der Waals surface area contributed by atoms with E-state index >= 15 is 0 Å². The lowest BCUT2D eigenvalue weighted by Gasteiger charge is -2.21. The van der Waals surface area contributed by atoms with Gasteiger partial charge in [-0.05, 0) is 26.3 Å². The molecule has 7 heteroatoms. The van der Waals surface area contributed by atoms with Crippen LogP contribution in [-0.2, 0) is 6.54 Å². The molecule has 3 aromatic rings. The van der Waals surface area contributed by atoms with Crippen molar-refractivity contribution in [2.24, 2.45) is 0 Å². The third kappa shape index (κ3) is 3.10. The summed E-state index contributed by atoms with van der Waals surface area (Å²) in [6.07, 6.45) is 0.942. The number of aromatic amines is 1. The average Bonchev–Trinajstić information content (AvgIpc) is 3.11. The van der Waals surface area contributed by atoms with Crippen molar-refractivity contribution in [3.05, 3.63) is 47.0 Å². The Labute approximate surface area is 151 Å². The van der Waals surface area contributed by atoms with Crippen LogP contribution in [0.15, 0.2) is 28.8 Å². The fraction of sp³-hybridized carbons (Fsp3) is 0.421. The quantitative estimate of drug-likeness (QED) is 0.783. The van der Waals surface area contributed by atoms with Crippen LogP contribution >= 0.6 is 0 Å². The number of hydrogen-bond acceptors (Lipinski definition) is 5. The van der Waals surface area contributed by atoms with Gasteiger partial charge in [0, 0.05) is 43.7 Å². The highest BCUT2D eigenvalue weighted by Crippen LogP contribution is 2.19. The number of fused-ring (bicyclic) bond motifs is 1. The van der Waals surface area contributed by atoms with E-state index in [1.807, 2.05) is 43.0 Å². The van der Waals surface area contributed by atoms with Crippen molar-refractivity contribution in [2.45, 2.75) is 26.8 Å². The molecule has 1 saturated heterocycles. The van der Waals surface area contributed by atoms with E-state index in [2.05, 4.69) is 20.3 Å². The van der Waals surface area contributed by atoms with Gasteiger partial charge in [-0.15, -0.1) is 0 Å². The summed E-state index contributed by atoms with van der Waals surface area (Å²) in [5.41, 5.74) is 3.51. The number of nitrogens with one attached hydrogen (secondary N) is 1. The first-order valence-corrected chi connectivity index (χ1v) is 9.00. The van der Waals surface area contributed by atoms with Gasteiger partial charge in [0.05, 0.1) is 11.2 Å². The Morgan fingerprint density at radius 3 is 2.85 bits per heavy atom. The van der Waals surface area contributed by atoms with Crippen LogP contribution in [0, 0.1) is 13.8 Å². The second kappa shape index (κ2) is 6.92. The molecule has 2 aromatic heterocycles. The van der Waals surface area contributed by atoms with Crippen molar-refractivity contribution in [1.82, 2.24) is 25.2 Å². The molecule has 26 heavy (non-hydrogen) atoms. The molecule has 1 amide bonds. The molecule has 136 valence electrons. The minimum absolute atomic E-state index is 0.00152. The zero-order chi connectivity index (χ0) is 18.1. The largest absolute Gasteiger partial charge is 0.361 e. The molecular weight excluding hydrogens is 330 g/mol. The summed E-state index contributed by atoms with van der Waals surface area (Å²) in [6, 6.07) is 7.75. The topological polar surface area (TPSA) is 78.3 Å². The zero-order valence-corrected chi connectivity index (χ0v) is 15.2. The highest BCUT2D eigenvalue weighted by Gasteiger charge is 2.24. The van der Waals surface area contributed by atoms with Gasteiger partial charge in [-0.25, -0.2) is 0 Å². The normalized spacial score (nSPS) is 16.2. The second-order valence-corrected chi connectivity index (χ2v) is 6.84. The van der Waals surface area contributed by atoms with Gasteiger partial charge in [0.2, 0.25) is 0 Å². The fourth-order valence-electron chi connectivity index (χ4n) is 3.56. The molecule has 0 bridgehead atoms. The van der Waals surface area contributed by atoms with Gasteiger partial charge in [0.15, 0.2) is 5.69 Å². The maximum Gasteiger partial charge on any atom is 0.275 e. The number of H-pyrrole nitrogens is 1. The SMILES string of the molecule is Cc1noc(C)c1CN1CCCN(C(=O)c2n[nH]c3ccccc23)CC1. The zero-order valence-electron chi connectivity index (χ0n) is 15.2. The Hall–Kier alpha value is -2.67. The molecule has 1 aliphatic rings. The minimum Gasteiger partial charge on any atom is -0.361 e. The summed E-state index contributed by atoms with van der Waals surface area (Å²) >= 11 is 0. The predicted octanol–water partition coefficient (Wildman–Crippen LogP) is 2.52. The number of rotatable bonds is 3. The van der Waals surface area contributed by atoms with Gasteiger partial charge in [0.25, 0.3) is 5.91 Å². The molecule has 0 aliphatic carbocycles. The maximum atomic E-state index is 13.0. The maximum absolute atomic E-state index is 13.0. The number of carbonyl (C=O) groups excluding carboxylic acids is 1. The molecule has 0 unspecified atom stereocenters. The molecule has 3 heterocycles. The van der Waals surface area contributed by atoms with Crippen LogP contribution < -0.4 is 0 Å². The molecule has 1 fully saturated rings. The summed E-state index contributed by atoms with van der Waals surface area (Å²) in [7, 11) is 0. The second-order valence-electron chi connectivity index (χ2n) is 6.84. The van der Waals surface area contributed by atoms with Crippen molar-refractivity contribution in [1.29, 1.82) is 0 Å². The standard InChI is InChI=1S/C19H23N5O2/c1-13-16(14(2)26-22-13)12-23-8-5-9-24(11-10-23)19(25)18-15-6-3-4-7-17(15)20-21-18/h3-4,6-7H,5,8-12H2,1-2H3,(H,20,21). The summed E-state index contributed by atoms with van der Waals surface area (Å²) in [4.78, 5) is 17.2. The van der Waals surface area contributed by atoms with Crippen LogP contribution in [0.3, 0.4) is 0 Å². The van der Waals surface area contributed by atoms with Gasteiger partial charge < -0.3 is 9.42 Å². The molecule has 0 radical (unpaired) electrons. The van der Waals surface area contributed by atoms with E-state index in [1.165, 1.54) is 0 Å².